The number of benzene rings is 2. The first kappa shape index (κ1) is 18.8. The second-order valence-corrected chi connectivity index (χ2v) is 6.69. The Morgan fingerprint density at radius 1 is 1.15 bits per heavy atom. The number of amides is 1. The molecule has 0 bridgehead atoms. The maximum Gasteiger partial charge on any atom is 0.273 e. The van der Waals surface area contributed by atoms with E-state index >= 15 is 0 Å². The summed E-state index contributed by atoms with van der Waals surface area (Å²) in [6, 6.07) is 15.9. The molecule has 1 N–H and O–H groups in total. The van der Waals surface area contributed by atoms with E-state index in [-0.39, 0.29) is 23.3 Å². The Hall–Kier alpha value is -2.95. The van der Waals surface area contributed by atoms with E-state index in [1.54, 1.807) is 18.2 Å². The van der Waals surface area contributed by atoms with Gasteiger partial charge in [-0.25, -0.2) is 4.39 Å². The van der Waals surface area contributed by atoms with Gasteiger partial charge in [0.15, 0.2) is 11.5 Å². The molecule has 27 heavy (non-hydrogen) atoms. The minimum Gasteiger partial charge on any atom is -0.355 e. The Morgan fingerprint density at radius 3 is 2.52 bits per heavy atom. The highest BCUT2D eigenvalue weighted by Gasteiger charge is 2.17. The van der Waals surface area contributed by atoms with Crippen LogP contribution in [-0.4, -0.2) is 17.6 Å². The van der Waals surface area contributed by atoms with Crippen molar-refractivity contribution in [2.75, 3.05) is 6.54 Å². The Morgan fingerprint density at radius 2 is 1.85 bits per heavy atom. The number of hydrogen-bond donors (Lipinski definition) is 1. The number of hydrogen-bond acceptors (Lipinski definition) is 3. The van der Waals surface area contributed by atoms with Gasteiger partial charge in [-0.3, -0.25) is 4.79 Å². The van der Waals surface area contributed by atoms with Crippen molar-refractivity contribution in [1.82, 2.24) is 10.5 Å². The summed E-state index contributed by atoms with van der Waals surface area (Å²) in [5.74, 6) is 0.149. The van der Waals surface area contributed by atoms with Crippen molar-refractivity contribution in [2.45, 2.75) is 32.6 Å². The molecular weight excluding hydrogens is 343 g/mol. The van der Waals surface area contributed by atoms with Gasteiger partial charge in [0, 0.05) is 24.1 Å². The molecule has 1 heterocycles. The highest BCUT2D eigenvalue weighted by Crippen LogP contribution is 2.22. The Kier molecular flexibility index (Phi) is 6.01. The molecule has 0 fully saturated rings. The third kappa shape index (κ3) is 4.82. The van der Waals surface area contributed by atoms with Gasteiger partial charge in [0.2, 0.25) is 0 Å². The van der Waals surface area contributed by atoms with Crippen LogP contribution in [0.25, 0.3) is 11.3 Å². The van der Waals surface area contributed by atoms with E-state index in [1.807, 2.05) is 31.2 Å². The molecule has 0 radical (unpaired) electrons. The van der Waals surface area contributed by atoms with Crippen LogP contribution in [0.5, 0.6) is 0 Å². The fourth-order valence-corrected chi connectivity index (χ4v) is 3.01. The standard InChI is InChI=1S/C22H23FN2O2/c1-3-4-18(16-9-11-19(23)12-10-16)14-24-22(26)20-13-21(27-25-20)17-7-5-15(2)6-8-17/h5-13,18H,3-4,14H2,1-2H3,(H,24,26)/t18-/m1/s1. The number of nitrogens with one attached hydrogen (secondary N) is 1. The lowest BCUT2D eigenvalue weighted by Crippen LogP contribution is -2.28. The van der Waals surface area contributed by atoms with Crippen molar-refractivity contribution in [3.63, 3.8) is 0 Å². The highest BCUT2D eigenvalue weighted by atomic mass is 19.1. The van der Waals surface area contributed by atoms with Crippen LogP contribution in [0.15, 0.2) is 59.1 Å². The number of rotatable bonds is 7. The van der Waals surface area contributed by atoms with E-state index in [0.29, 0.717) is 12.3 Å². The molecule has 3 aromatic rings. The van der Waals surface area contributed by atoms with E-state index in [4.69, 9.17) is 4.52 Å². The summed E-state index contributed by atoms with van der Waals surface area (Å²) in [5.41, 5.74) is 3.29. The monoisotopic (exact) mass is 366 g/mol. The molecular formula is C22H23FN2O2. The van der Waals surface area contributed by atoms with Gasteiger partial charge >= 0.3 is 0 Å². The van der Waals surface area contributed by atoms with Gasteiger partial charge in [0.05, 0.1) is 0 Å². The topological polar surface area (TPSA) is 55.1 Å². The van der Waals surface area contributed by atoms with Gasteiger partial charge in [0.25, 0.3) is 5.91 Å². The molecule has 2 aromatic carbocycles. The van der Waals surface area contributed by atoms with Gasteiger partial charge in [-0.05, 0) is 31.0 Å². The van der Waals surface area contributed by atoms with Crippen LogP contribution < -0.4 is 5.32 Å². The van der Waals surface area contributed by atoms with Crippen LogP contribution in [0.1, 0.15) is 47.3 Å². The summed E-state index contributed by atoms with van der Waals surface area (Å²) < 4.78 is 18.5. The first-order valence-corrected chi connectivity index (χ1v) is 9.14. The summed E-state index contributed by atoms with van der Waals surface area (Å²) in [7, 11) is 0. The van der Waals surface area contributed by atoms with Crippen LogP contribution in [-0.2, 0) is 0 Å². The van der Waals surface area contributed by atoms with Crippen molar-refractivity contribution in [2.24, 2.45) is 0 Å². The third-order valence-corrected chi connectivity index (χ3v) is 4.57. The van der Waals surface area contributed by atoms with E-state index in [2.05, 4.69) is 17.4 Å². The van der Waals surface area contributed by atoms with Crippen molar-refractivity contribution in [3.05, 3.63) is 77.2 Å². The lowest BCUT2D eigenvalue weighted by atomic mass is 9.94. The fourth-order valence-electron chi connectivity index (χ4n) is 3.01. The average Bonchev–Trinajstić information content (AvgIpc) is 3.16. The Balaban J connectivity index is 1.65. The lowest BCUT2D eigenvalue weighted by molar-refractivity contribution is 0.0941. The first-order valence-electron chi connectivity index (χ1n) is 9.14. The normalized spacial score (nSPS) is 12.0. The van der Waals surface area contributed by atoms with Crippen LogP contribution in [0, 0.1) is 12.7 Å². The zero-order valence-corrected chi connectivity index (χ0v) is 15.5. The maximum atomic E-state index is 13.1. The minimum atomic E-state index is -0.277. The van der Waals surface area contributed by atoms with Crippen molar-refractivity contribution in [1.29, 1.82) is 0 Å². The summed E-state index contributed by atoms with van der Waals surface area (Å²) in [6.45, 7) is 4.56. The fraction of sp³-hybridized carbons (Fsp3) is 0.273. The zero-order chi connectivity index (χ0) is 19.2. The molecule has 0 saturated heterocycles. The molecule has 1 atom stereocenters. The van der Waals surface area contributed by atoms with Crippen LogP contribution in [0.4, 0.5) is 4.39 Å². The summed E-state index contributed by atoms with van der Waals surface area (Å²) in [4.78, 5) is 12.4. The number of aryl methyl sites for hydroxylation is 1. The summed E-state index contributed by atoms with van der Waals surface area (Å²) in [6.07, 6.45) is 1.87. The second kappa shape index (κ2) is 8.62. The number of nitrogens with zero attached hydrogens (tertiary/aromatic N) is 1. The molecule has 140 valence electrons. The SMILES string of the molecule is CCC[C@H](CNC(=O)c1cc(-c2ccc(C)cc2)on1)c1ccc(F)cc1. The molecule has 0 saturated carbocycles. The predicted molar refractivity (Wildman–Crippen MR) is 103 cm³/mol. The molecule has 3 rings (SSSR count). The average molecular weight is 366 g/mol. The van der Waals surface area contributed by atoms with Gasteiger partial charge in [-0.1, -0.05) is 60.5 Å². The lowest BCUT2D eigenvalue weighted by Gasteiger charge is -2.17. The maximum absolute atomic E-state index is 13.1. The van der Waals surface area contributed by atoms with Crippen molar-refractivity contribution in [3.8, 4) is 11.3 Å². The largest absolute Gasteiger partial charge is 0.355 e. The number of aromatic nitrogens is 1. The second-order valence-electron chi connectivity index (χ2n) is 6.69. The Labute approximate surface area is 158 Å². The molecule has 1 aromatic heterocycles. The van der Waals surface area contributed by atoms with Crippen molar-refractivity contribution < 1.29 is 13.7 Å². The molecule has 0 unspecified atom stereocenters. The quantitative estimate of drug-likeness (QED) is 0.633. The van der Waals surface area contributed by atoms with E-state index in [1.165, 1.54) is 12.1 Å². The minimum absolute atomic E-state index is 0.128. The molecule has 0 aliphatic rings. The van der Waals surface area contributed by atoms with E-state index in [0.717, 1.165) is 29.5 Å². The molecule has 0 aliphatic carbocycles. The zero-order valence-electron chi connectivity index (χ0n) is 15.5. The molecule has 5 heteroatoms. The van der Waals surface area contributed by atoms with Crippen molar-refractivity contribution >= 4 is 5.91 Å². The summed E-state index contributed by atoms with van der Waals surface area (Å²) >= 11 is 0. The third-order valence-electron chi connectivity index (χ3n) is 4.57. The number of halogens is 1. The van der Waals surface area contributed by atoms with Crippen LogP contribution in [0.2, 0.25) is 0 Å². The predicted octanol–water partition coefficient (Wildman–Crippen LogP) is 5.10. The van der Waals surface area contributed by atoms with Crippen LogP contribution >= 0.6 is 0 Å². The highest BCUT2D eigenvalue weighted by molar-refractivity contribution is 5.93. The molecule has 0 spiro atoms. The molecule has 1 amide bonds. The summed E-state index contributed by atoms with van der Waals surface area (Å²) in [5, 5.41) is 6.80. The molecule has 0 aliphatic heterocycles. The first-order chi connectivity index (χ1) is 13.1. The van der Waals surface area contributed by atoms with E-state index < -0.39 is 0 Å². The smallest absolute Gasteiger partial charge is 0.273 e. The van der Waals surface area contributed by atoms with Gasteiger partial charge in [0.1, 0.15) is 5.82 Å². The Bertz CT molecular complexity index is 885. The van der Waals surface area contributed by atoms with Gasteiger partial charge < -0.3 is 9.84 Å². The molecule has 4 nitrogen and oxygen atoms in total. The number of carbonyl (C=O) groups excluding carboxylic acids is 1. The van der Waals surface area contributed by atoms with Crippen LogP contribution in [0.3, 0.4) is 0 Å². The number of carbonyl (C=O) groups is 1. The van der Waals surface area contributed by atoms with E-state index in [9.17, 15) is 9.18 Å². The van der Waals surface area contributed by atoms with Gasteiger partial charge in [-0.2, -0.15) is 0 Å². The van der Waals surface area contributed by atoms with Gasteiger partial charge in [-0.15, -0.1) is 0 Å².